The summed E-state index contributed by atoms with van der Waals surface area (Å²) in [4.78, 5) is 11.3. The van der Waals surface area contributed by atoms with Gasteiger partial charge in [-0.2, -0.15) is 0 Å². The Hall–Kier alpha value is -2.29. The van der Waals surface area contributed by atoms with E-state index >= 15 is 0 Å². The third-order valence-electron chi connectivity index (χ3n) is 3.99. The molecule has 0 amide bonds. The topological polar surface area (TPSA) is 35.5 Å². The van der Waals surface area contributed by atoms with Gasteiger partial charge in [0, 0.05) is 0 Å². The Kier molecular flexibility index (Phi) is 3.65. The molecule has 3 rings (SSSR count). The molecule has 0 atom stereocenters. The van der Waals surface area contributed by atoms with Crippen LogP contribution in [0.4, 0.5) is 0 Å². The number of methoxy groups -OCH3 is 1. The van der Waals surface area contributed by atoms with E-state index in [1.54, 1.807) is 7.11 Å². The van der Waals surface area contributed by atoms with E-state index in [9.17, 15) is 4.79 Å². The fourth-order valence-electron chi connectivity index (χ4n) is 2.44. The number of benzene rings is 2. The van der Waals surface area contributed by atoms with Crippen LogP contribution in [0, 0.1) is 0 Å². The Morgan fingerprint density at radius 1 is 1.10 bits per heavy atom. The molecule has 1 fully saturated rings. The summed E-state index contributed by atoms with van der Waals surface area (Å²) in [5.74, 6) is 1.38. The highest BCUT2D eigenvalue weighted by atomic mass is 16.5. The van der Waals surface area contributed by atoms with Crippen molar-refractivity contribution < 1.29 is 14.3 Å². The van der Waals surface area contributed by atoms with Gasteiger partial charge in [-0.3, -0.25) is 0 Å². The molecule has 2 aromatic carbocycles. The monoisotopic (exact) mass is 282 g/mol. The molecular formula is C18H18O3. The van der Waals surface area contributed by atoms with E-state index in [0.29, 0.717) is 18.1 Å². The lowest BCUT2D eigenvalue weighted by Gasteiger charge is -2.14. The highest BCUT2D eigenvalue weighted by Gasteiger charge is 2.44. The van der Waals surface area contributed by atoms with E-state index in [1.165, 1.54) is 0 Å². The number of hydrogen-bond donors (Lipinski definition) is 0. The van der Waals surface area contributed by atoms with Gasteiger partial charge in [0.25, 0.3) is 0 Å². The predicted molar refractivity (Wildman–Crippen MR) is 80.7 cm³/mol. The van der Waals surface area contributed by atoms with Crippen LogP contribution in [0.3, 0.4) is 0 Å². The fraction of sp³-hybridized carbons (Fsp3) is 0.278. The summed E-state index contributed by atoms with van der Waals surface area (Å²) in [6.45, 7) is 0.481. The lowest BCUT2D eigenvalue weighted by Crippen LogP contribution is -2.08. The largest absolute Gasteiger partial charge is 0.493 e. The van der Waals surface area contributed by atoms with Crippen LogP contribution in [0.15, 0.2) is 48.5 Å². The maximum atomic E-state index is 11.3. The molecule has 21 heavy (non-hydrogen) atoms. The number of rotatable bonds is 6. The third-order valence-corrected chi connectivity index (χ3v) is 3.99. The minimum absolute atomic E-state index is 0.295. The Morgan fingerprint density at radius 2 is 1.86 bits per heavy atom. The maximum Gasteiger partial charge on any atom is 0.161 e. The molecule has 0 bridgehead atoms. The van der Waals surface area contributed by atoms with Crippen molar-refractivity contribution in [3.05, 3.63) is 59.7 Å². The van der Waals surface area contributed by atoms with E-state index in [1.807, 2.05) is 48.5 Å². The van der Waals surface area contributed by atoms with Crippen LogP contribution < -0.4 is 9.47 Å². The molecule has 3 heteroatoms. The van der Waals surface area contributed by atoms with Gasteiger partial charge in [0.05, 0.1) is 12.5 Å². The molecule has 0 N–H and O–H groups in total. The Bertz CT molecular complexity index is 630. The summed E-state index contributed by atoms with van der Waals surface area (Å²) in [6.07, 6.45) is 2.89. The predicted octanol–water partition coefficient (Wildman–Crippen LogP) is 3.50. The number of carbonyl (C=O) groups excluding carboxylic acids is 1. The van der Waals surface area contributed by atoms with E-state index in [-0.39, 0.29) is 5.41 Å². The zero-order valence-corrected chi connectivity index (χ0v) is 12.0. The van der Waals surface area contributed by atoms with Crippen LogP contribution in [0.1, 0.15) is 24.0 Å². The molecule has 1 saturated carbocycles. The Balaban J connectivity index is 1.82. The first-order valence-corrected chi connectivity index (χ1v) is 7.09. The zero-order valence-electron chi connectivity index (χ0n) is 12.0. The average molecular weight is 282 g/mol. The van der Waals surface area contributed by atoms with Crippen molar-refractivity contribution in [1.82, 2.24) is 0 Å². The lowest BCUT2D eigenvalue weighted by atomic mass is 9.97. The van der Waals surface area contributed by atoms with Crippen molar-refractivity contribution in [2.24, 2.45) is 0 Å². The standard InChI is InChI=1S/C18H18O3/c1-20-16-8-7-15(18(13-19)9-10-18)11-17(16)21-12-14-5-3-2-4-6-14/h2-8,11,13H,9-10,12H2,1H3. The summed E-state index contributed by atoms with van der Waals surface area (Å²) < 4.78 is 11.2. The second-order valence-electron chi connectivity index (χ2n) is 5.41. The SMILES string of the molecule is COc1ccc(C2(C=O)CC2)cc1OCc1ccccc1. The summed E-state index contributed by atoms with van der Waals surface area (Å²) in [6, 6.07) is 15.7. The summed E-state index contributed by atoms with van der Waals surface area (Å²) in [7, 11) is 1.62. The van der Waals surface area contributed by atoms with Crippen molar-refractivity contribution in [2.75, 3.05) is 7.11 Å². The molecule has 0 spiro atoms. The first kappa shape index (κ1) is 13.7. The van der Waals surface area contributed by atoms with Gasteiger partial charge in [0.1, 0.15) is 12.9 Å². The highest BCUT2D eigenvalue weighted by molar-refractivity contribution is 5.73. The first-order chi connectivity index (χ1) is 10.3. The molecular weight excluding hydrogens is 264 g/mol. The fourth-order valence-corrected chi connectivity index (χ4v) is 2.44. The average Bonchev–Trinajstić information content (AvgIpc) is 3.35. The van der Waals surface area contributed by atoms with Crippen molar-refractivity contribution >= 4 is 6.29 Å². The van der Waals surface area contributed by atoms with E-state index in [4.69, 9.17) is 9.47 Å². The van der Waals surface area contributed by atoms with Crippen molar-refractivity contribution in [3.8, 4) is 11.5 Å². The normalized spacial score (nSPS) is 15.3. The van der Waals surface area contributed by atoms with Gasteiger partial charge in [0.2, 0.25) is 0 Å². The Morgan fingerprint density at radius 3 is 2.48 bits per heavy atom. The van der Waals surface area contributed by atoms with Crippen LogP contribution in [-0.2, 0) is 16.8 Å². The molecule has 3 nitrogen and oxygen atoms in total. The number of carbonyl (C=O) groups is 1. The van der Waals surface area contributed by atoms with Crippen LogP contribution in [0.2, 0.25) is 0 Å². The van der Waals surface area contributed by atoms with Gasteiger partial charge in [0.15, 0.2) is 11.5 Å². The van der Waals surface area contributed by atoms with Crippen LogP contribution in [0.5, 0.6) is 11.5 Å². The minimum Gasteiger partial charge on any atom is -0.493 e. The molecule has 0 unspecified atom stereocenters. The van der Waals surface area contributed by atoms with Gasteiger partial charge >= 0.3 is 0 Å². The van der Waals surface area contributed by atoms with Crippen LogP contribution in [0.25, 0.3) is 0 Å². The van der Waals surface area contributed by atoms with Crippen LogP contribution in [-0.4, -0.2) is 13.4 Å². The second kappa shape index (κ2) is 5.60. The van der Waals surface area contributed by atoms with E-state index < -0.39 is 0 Å². The summed E-state index contributed by atoms with van der Waals surface area (Å²) >= 11 is 0. The van der Waals surface area contributed by atoms with Gasteiger partial charge in [-0.05, 0) is 36.1 Å². The molecule has 1 aliphatic carbocycles. The minimum atomic E-state index is -0.295. The van der Waals surface area contributed by atoms with Gasteiger partial charge < -0.3 is 14.3 Å². The van der Waals surface area contributed by atoms with Crippen LogP contribution >= 0.6 is 0 Å². The molecule has 108 valence electrons. The summed E-state index contributed by atoms with van der Waals surface area (Å²) in [5.41, 5.74) is 1.82. The smallest absolute Gasteiger partial charge is 0.161 e. The highest BCUT2D eigenvalue weighted by Crippen LogP contribution is 2.48. The van der Waals surface area contributed by atoms with E-state index in [0.717, 1.165) is 30.3 Å². The van der Waals surface area contributed by atoms with Crippen molar-refractivity contribution in [3.63, 3.8) is 0 Å². The number of aldehydes is 1. The van der Waals surface area contributed by atoms with E-state index in [2.05, 4.69) is 0 Å². The van der Waals surface area contributed by atoms with Crippen molar-refractivity contribution in [1.29, 1.82) is 0 Å². The molecule has 0 heterocycles. The molecule has 0 saturated heterocycles. The van der Waals surface area contributed by atoms with Gasteiger partial charge in [-0.15, -0.1) is 0 Å². The molecule has 0 radical (unpaired) electrons. The van der Waals surface area contributed by atoms with Gasteiger partial charge in [-0.1, -0.05) is 36.4 Å². The molecule has 0 aromatic heterocycles. The number of hydrogen-bond acceptors (Lipinski definition) is 3. The summed E-state index contributed by atoms with van der Waals surface area (Å²) in [5, 5.41) is 0. The first-order valence-electron chi connectivity index (χ1n) is 7.09. The molecule has 0 aliphatic heterocycles. The Labute approximate surface area is 124 Å². The van der Waals surface area contributed by atoms with Gasteiger partial charge in [-0.25, -0.2) is 0 Å². The molecule has 2 aromatic rings. The quantitative estimate of drug-likeness (QED) is 0.761. The molecule has 1 aliphatic rings. The lowest BCUT2D eigenvalue weighted by molar-refractivity contribution is -0.109. The van der Waals surface area contributed by atoms with Crippen molar-refractivity contribution in [2.45, 2.75) is 24.9 Å². The number of ether oxygens (including phenoxy) is 2. The third kappa shape index (κ3) is 2.77. The second-order valence-corrected chi connectivity index (χ2v) is 5.41. The maximum absolute atomic E-state index is 11.3. The zero-order chi connectivity index (χ0) is 14.7.